The van der Waals surface area contributed by atoms with Crippen LogP contribution in [-0.4, -0.2) is 57.1 Å². The first-order valence-electron chi connectivity index (χ1n) is 9.92. The summed E-state index contributed by atoms with van der Waals surface area (Å²) in [7, 11) is 4.52. The van der Waals surface area contributed by atoms with E-state index in [4.69, 9.17) is 14.2 Å². The van der Waals surface area contributed by atoms with Crippen molar-refractivity contribution in [2.75, 3.05) is 39.7 Å². The number of hydrogen-bond donors (Lipinski definition) is 1. The Morgan fingerprint density at radius 3 is 2.28 bits per heavy atom. The Hall–Kier alpha value is -3.81. The minimum absolute atomic E-state index is 0.161. The fourth-order valence-electron chi connectivity index (χ4n) is 2.91. The lowest BCUT2D eigenvalue weighted by molar-refractivity contribution is -0.148. The Labute approximate surface area is 187 Å². The lowest BCUT2D eigenvalue weighted by Gasteiger charge is -2.18. The Kier molecular flexibility index (Phi) is 8.83. The first-order valence-corrected chi connectivity index (χ1v) is 9.92. The largest absolute Gasteiger partial charge is 0.493 e. The highest BCUT2D eigenvalue weighted by molar-refractivity contribution is 5.96. The number of rotatable bonds is 9. The number of likely N-dealkylation sites (N-methyl/N-ethyl adjacent to an activating group) is 1. The van der Waals surface area contributed by atoms with Crippen LogP contribution in [0.2, 0.25) is 0 Å². The predicted molar refractivity (Wildman–Crippen MR) is 122 cm³/mol. The molecule has 0 saturated heterocycles. The third-order valence-corrected chi connectivity index (χ3v) is 4.71. The zero-order valence-corrected chi connectivity index (χ0v) is 18.9. The van der Waals surface area contributed by atoms with E-state index in [0.717, 1.165) is 16.8 Å². The maximum absolute atomic E-state index is 12.3. The summed E-state index contributed by atoms with van der Waals surface area (Å²) in [6.07, 6.45) is 2.75. The van der Waals surface area contributed by atoms with Crippen LogP contribution in [0.5, 0.6) is 11.5 Å². The van der Waals surface area contributed by atoms with Crippen LogP contribution in [-0.2, 0) is 19.1 Å². The van der Waals surface area contributed by atoms with Crippen LogP contribution in [0.1, 0.15) is 16.7 Å². The van der Waals surface area contributed by atoms with Crippen molar-refractivity contribution in [3.8, 4) is 11.5 Å². The van der Waals surface area contributed by atoms with Crippen molar-refractivity contribution in [1.82, 2.24) is 4.90 Å². The molecule has 2 amide bonds. The average molecular weight is 440 g/mol. The van der Waals surface area contributed by atoms with E-state index in [1.165, 1.54) is 38.3 Å². The van der Waals surface area contributed by atoms with Crippen molar-refractivity contribution >= 4 is 29.5 Å². The van der Waals surface area contributed by atoms with E-state index in [0.29, 0.717) is 17.1 Å². The number of aryl methyl sites for hydroxylation is 2. The normalized spacial score (nSPS) is 10.5. The van der Waals surface area contributed by atoms with Crippen molar-refractivity contribution in [2.45, 2.75) is 13.8 Å². The summed E-state index contributed by atoms with van der Waals surface area (Å²) in [5, 5.41) is 2.81. The maximum Gasteiger partial charge on any atom is 0.331 e. The number of carbonyl (C=O) groups excluding carboxylic acids is 3. The van der Waals surface area contributed by atoms with Gasteiger partial charge in [0.2, 0.25) is 5.91 Å². The van der Waals surface area contributed by atoms with Crippen molar-refractivity contribution in [3.63, 3.8) is 0 Å². The van der Waals surface area contributed by atoms with Crippen molar-refractivity contribution < 1.29 is 28.6 Å². The number of esters is 1. The number of amides is 2. The number of benzene rings is 2. The van der Waals surface area contributed by atoms with Crippen LogP contribution < -0.4 is 14.8 Å². The number of para-hydroxylation sites is 1. The van der Waals surface area contributed by atoms with Gasteiger partial charge in [-0.2, -0.15) is 0 Å². The maximum atomic E-state index is 12.3. The molecule has 0 aliphatic carbocycles. The molecule has 0 bridgehead atoms. The van der Waals surface area contributed by atoms with Gasteiger partial charge in [-0.3, -0.25) is 9.59 Å². The molecule has 0 aliphatic heterocycles. The molecular formula is C24H28N2O6. The number of carbonyl (C=O) groups is 3. The molecule has 32 heavy (non-hydrogen) atoms. The lowest BCUT2D eigenvalue weighted by atomic mass is 10.1. The predicted octanol–water partition coefficient (Wildman–Crippen LogP) is 2.97. The van der Waals surface area contributed by atoms with E-state index in [9.17, 15) is 14.4 Å². The Bertz CT molecular complexity index is 995. The van der Waals surface area contributed by atoms with Gasteiger partial charge in [-0.25, -0.2) is 4.79 Å². The zero-order chi connectivity index (χ0) is 23.7. The Balaban J connectivity index is 1.84. The van der Waals surface area contributed by atoms with Gasteiger partial charge in [0.25, 0.3) is 5.91 Å². The van der Waals surface area contributed by atoms with E-state index in [1.54, 1.807) is 18.2 Å². The molecule has 0 heterocycles. The lowest BCUT2D eigenvalue weighted by Crippen LogP contribution is -2.37. The third kappa shape index (κ3) is 6.87. The second kappa shape index (κ2) is 11.5. The number of ether oxygens (including phenoxy) is 3. The van der Waals surface area contributed by atoms with Crippen LogP contribution in [0.15, 0.2) is 42.5 Å². The van der Waals surface area contributed by atoms with Gasteiger partial charge in [-0.05, 0) is 48.7 Å². The molecule has 8 heteroatoms. The van der Waals surface area contributed by atoms with Crippen LogP contribution in [0.4, 0.5) is 5.69 Å². The Morgan fingerprint density at radius 1 is 1.00 bits per heavy atom. The highest BCUT2D eigenvalue weighted by atomic mass is 16.5. The molecule has 170 valence electrons. The fraction of sp³-hybridized carbons (Fsp3) is 0.292. The number of hydrogen-bond acceptors (Lipinski definition) is 6. The molecular weight excluding hydrogens is 412 g/mol. The number of anilines is 1. The van der Waals surface area contributed by atoms with Crippen LogP contribution in [0.3, 0.4) is 0 Å². The summed E-state index contributed by atoms with van der Waals surface area (Å²) in [5.74, 6) is -0.407. The molecule has 0 fully saturated rings. The van der Waals surface area contributed by atoms with Crippen molar-refractivity contribution in [3.05, 3.63) is 59.2 Å². The van der Waals surface area contributed by atoms with Crippen molar-refractivity contribution in [2.24, 2.45) is 0 Å². The first-order chi connectivity index (χ1) is 15.2. The van der Waals surface area contributed by atoms with Gasteiger partial charge >= 0.3 is 5.97 Å². The summed E-state index contributed by atoms with van der Waals surface area (Å²) < 4.78 is 15.4. The minimum Gasteiger partial charge on any atom is -0.493 e. The number of nitrogens with one attached hydrogen (secondary N) is 1. The van der Waals surface area contributed by atoms with E-state index in [-0.39, 0.29) is 12.5 Å². The molecule has 2 aromatic carbocycles. The topological polar surface area (TPSA) is 94.2 Å². The van der Waals surface area contributed by atoms with E-state index in [2.05, 4.69) is 5.32 Å². The summed E-state index contributed by atoms with van der Waals surface area (Å²) in [4.78, 5) is 37.6. The standard InChI is InChI=1S/C24H28N2O6/c1-16-7-6-8-17(2)24(16)25-21(27)14-26(3)22(28)15-32-23(29)12-10-18-9-11-19(30-4)20(13-18)31-5/h6-13H,14-15H2,1-5H3,(H,25,27)/b12-10+. The second-order valence-electron chi connectivity index (χ2n) is 7.12. The molecule has 0 atom stereocenters. The van der Waals surface area contributed by atoms with Crippen LogP contribution >= 0.6 is 0 Å². The molecule has 1 N–H and O–H groups in total. The third-order valence-electron chi connectivity index (χ3n) is 4.71. The quantitative estimate of drug-likeness (QED) is 0.476. The van der Waals surface area contributed by atoms with Gasteiger partial charge in [0, 0.05) is 18.8 Å². The monoisotopic (exact) mass is 440 g/mol. The zero-order valence-electron chi connectivity index (χ0n) is 18.9. The highest BCUT2D eigenvalue weighted by Gasteiger charge is 2.16. The van der Waals surface area contributed by atoms with E-state index >= 15 is 0 Å². The molecule has 0 radical (unpaired) electrons. The highest BCUT2D eigenvalue weighted by Crippen LogP contribution is 2.28. The first kappa shape index (κ1) is 24.5. The number of methoxy groups -OCH3 is 2. The van der Waals surface area contributed by atoms with Gasteiger partial charge in [0.1, 0.15) is 0 Å². The summed E-state index contributed by atoms with van der Waals surface area (Å²) in [6, 6.07) is 10.9. The molecule has 0 aliphatic rings. The van der Waals surface area contributed by atoms with E-state index < -0.39 is 18.5 Å². The fourth-order valence-corrected chi connectivity index (χ4v) is 2.91. The van der Waals surface area contributed by atoms with E-state index in [1.807, 2.05) is 32.0 Å². The van der Waals surface area contributed by atoms with Crippen LogP contribution in [0.25, 0.3) is 6.08 Å². The summed E-state index contributed by atoms with van der Waals surface area (Å²) >= 11 is 0. The van der Waals surface area contributed by atoms with Crippen molar-refractivity contribution in [1.29, 1.82) is 0 Å². The summed E-state index contributed by atoms with van der Waals surface area (Å²) in [5.41, 5.74) is 3.29. The minimum atomic E-state index is -0.679. The molecule has 0 aromatic heterocycles. The molecule has 8 nitrogen and oxygen atoms in total. The number of nitrogens with zero attached hydrogens (tertiary/aromatic N) is 1. The molecule has 2 rings (SSSR count). The smallest absolute Gasteiger partial charge is 0.331 e. The SMILES string of the molecule is COc1ccc(/C=C/C(=O)OCC(=O)N(C)CC(=O)Nc2c(C)cccc2C)cc1OC. The van der Waals surface area contributed by atoms with Gasteiger partial charge in [0.05, 0.1) is 20.8 Å². The molecule has 0 saturated carbocycles. The second-order valence-corrected chi connectivity index (χ2v) is 7.12. The average Bonchev–Trinajstić information content (AvgIpc) is 2.78. The van der Waals surface area contributed by atoms with Gasteiger partial charge < -0.3 is 24.4 Å². The van der Waals surface area contributed by atoms with Gasteiger partial charge in [-0.15, -0.1) is 0 Å². The van der Waals surface area contributed by atoms with Gasteiger partial charge in [0.15, 0.2) is 18.1 Å². The Morgan fingerprint density at radius 2 is 1.66 bits per heavy atom. The molecule has 2 aromatic rings. The summed E-state index contributed by atoms with van der Waals surface area (Å²) in [6.45, 7) is 3.16. The van der Waals surface area contributed by atoms with Gasteiger partial charge in [-0.1, -0.05) is 24.3 Å². The van der Waals surface area contributed by atoms with Crippen LogP contribution in [0, 0.1) is 13.8 Å². The molecule has 0 unspecified atom stereocenters. The molecule has 0 spiro atoms.